The summed E-state index contributed by atoms with van der Waals surface area (Å²) in [5, 5.41) is 16.9. The number of hydrogen-bond donors (Lipinski definition) is 3. The highest BCUT2D eigenvalue weighted by molar-refractivity contribution is 9.11. The lowest BCUT2D eigenvalue weighted by Crippen LogP contribution is -2.29. The first-order chi connectivity index (χ1) is 9.97. The van der Waals surface area contributed by atoms with Crippen LogP contribution in [0.1, 0.15) is 15.4 Å². The molecule has 2 amide bonds. The predicted molar refractivity (Wildman–Crippen MR) is 86.8 cm³/mol. The molecule has 0 unspecified atom stereocenters. The fourth-order valence-corrected chi connectivity index (χ4v) is 3.40. The summed E-state index contributed by atoms with van der Waals surface area (Å²) in [5.74, 6) is -1.13. The molecule has 9 heteroatoms. The molecule has 1 heterocycles. The molecule has 0 aliphatic heterocycles. The molecule has 3 N–H and O–H groups in total. The largest absolute Gasteiger partial charge is 0.478 e. The molecule has 6 nitrogen and oxygen atoms in total. The molecule has 0 bridgehead atoms. The van der Waals surface area contributed by atoms with Gasteiger partial charge in [0.25, 0.3) is 0 Å². The lowest BCUT2D eigenvalue weighted by molar-refractivity contribution is 0.0698. The molecule has 2 aromatic rings. The smallest absolute Gasteiger partial charge is 0.337 e. The Morgan fingerprint density at radius 2 is 2.10 bits per heavy atom. The Kier molecular flexibility index (Phi) is 5.32. The van der Waals surface area contributed by atoms with Crippen LogP contribution >= 0.6 is 43.2 Å². The number of nitrogens with one attached hydrogen (secondary N) is 2. The highest BCUT2D eigenvalue weighted by Gasteiger charge is 2.16. The molecular formula is C12H9Br2N3O3S. The van der Waals surface area contributed by atoms with E-state index in [2.05, 4.69) is 47.5 Å². The van der Waals surface area contributed by atoms with Gasteiger partial charge in [0.2, 0.25) is 0 Å². The van der Waals surface area contributed by atoms with E-state index < -0.39 is 12.0 Å². The minimum Gasteiger partial charge on any atom is -0.478 e. The maximum absolute atomic E-state index is 11.8. The first-order valence-electron chi connectivity index (χ1n) is 5.63. The van der Waals surface area contributed by atoms with E-state index in [1.807, 2.05) is 5.38 Å². The van der Waals surface area contributed by atoms with E-state index in [0.717, 1.165) is 5.01 Å². The summed E-state index contributed by atoms with van der Waals surface area (Å²) >= 11 is 7.87. The van der Waals surface area contributed by atoms with Crippen molar-refractivity contribution >= 4 is 60.9 Å². The van der Waals surface area contributed by atoms with E-state index in [1.54, 1.807) is 12.3 Å². The van der Waals surface area contributed by atoms with Crippen LogP contribution in [0.5, 0.6) is 0 Å². The highest BCUT2D eigenvalue weighted by atomic mass is 79.9. The second kappa shape index (κ2) is 7.01. The van der Waals surface area contributed by atoms with E-state index in [-0.39, 0.29) is 17.8 Å². The number of aromatic nitrogens is 1. The third-order valence-corrected chi connectivity index (χ3v) is 4.27. The molecule has 0 fully saturated rings. The molecule has 0 aliphatic carbocycles. The number of benzene rings is 1. The average Bonchev–Trinajstić information content (AvgIpc) is 2.92. The molecule has 0 saturated heterocycles. The summed E-state index contributed by atoms with van der Waals surface area (Å²) in [6.07, 6.45) is 1.65. The zero-order valence-electron chi connectivity index (χ0n) is 10.4. The van der Waals surface area contributed by atoms with Crippen LogP contribution in [-0.2, 0) is 6.54 Å². The molecule has 110 valence electrons. The number of thiazole rings is 1. The van der Waals surface area contributed by atoms with Crippen molar-refractivity contribution in [3.63, 3.8) is 0 Å². The molecule has 2 rings (SSSR count). The van der Waals surface area contributed by atoms with Gasteiger partial charge in [-0.1, -0.05) is 15.9 Å². The van der Waals surface area contributed by atoms with Gasteiger partial charge in [0, 0.05) is 20.5 Å². The first-order valence-corrected chi connectivity index (χ1v) is 8.09. The molecule has 1 aromatic carbocycles. The minimum atomic E-state index is -1.13. The number of rotatable bonds is 4. The maximum Gasteiger partial charge on any atom is 0.337 e. The van der Waals surface area contributed by atoms with Crippen molar-refractivity contribution in [1.29, 1.82) is 0 Å². The zero-order valence-corrected chi connectivity index (χ0v) is 14.4. The Labute approximate surface area is 140 Å². The number of urea groups is 1. The van der Waals surface area contributed by atoms with Gasteiger partial charge in [-0.25, -0.2) is 14.6 Å². The van der Waals surface area contributed by atoms with Crippen LogP contribution < -0.4 is 10.6 Å². The van der Waals surface area contributed by atoms with Gasteiger partial charge in [-0.3, -0.25) is 0 Å². The topological polar surface area (TPSA) is 91.3 Å². The molecule has 0 aliphatic rings. The summed E-state index contributed by atoms with van der Waals surface area (Å²) < 4.78 is 1.07. The fraction of sp³-hybridized carbons (Fsp3) is 0.0833. The second-order valence-electron chi connectivity index (χ2n) is 3.85. The molecule has 0 atom stereocenters. The minimum absolute atomic E-state index is 0.0133. The van der Waals surface area contributed by atoms with Crippen LogP contribution in [0, 0.1) is 0 Å². The predicted octanol–water partition coefficient (Wildman–Crippen LogP) is 3.69. The number of carbonyl (C=O) groups is 2. The summed E-state index contributed by atoms with van der Waals surface area (Å²) in [7, 11) is 0. The van der Waals surface area contributed by atoms with Crippen molar-refractivity contribution in [3.8, 4) is 0 Å². The van der Waals surface area contributed by atoms with Gasteiger partial charge in [-0.15, -0.1) is 11.3 Å². The number of carboxylic acid groups (broad SMARTS) is 1. The molecule has 1 aromatic heterocycles. The number of anilines is 1. The Balaban J connectivity index is 2.11. The molecule has 0 saturated carbocycles. The average molecular weight is 435 g/mol. The van der Waals surface area contributed by atoms with Crippen molar-refractivity contribution in [1.82, 2.24) is 10.3 Å². The maximum atomic E-state index is 11.8. The van der Waals surface area contributed by atoms with Crippen molar-refractivity contribution < 1.29 is 14.7 Å². The monoisotopic (exact) mass is 433 g/mol. The molecule has 21 heavy (non-hydrogen) atoms. The van der Waals surface area contributed by atoms with Gasteiger partial charge in [0.15, 0.2) is 0 Å². The summed E-state index contributed by atoms with van der Waals surface area (Å²) in [4.78, 5) is 27.1. The number of nitrogens with zero attached hydrogens (tertiary/aromatic N) is 1. The van der Waals surface area contributed by atoms with E-state index >= 15 is 0 Å². The highest BCUT2D eigenvalue weighted by Crippen LogP contribution is 2.30. The van der Waals surface area contributed by atoms with Crippen LogP contribution in [0.3, 0.4) is 0 Å². The number of carbonyl (C=O) groups excluding carboxylic acids is 1. The second-order valence-corrected chi connectivity index (χ2v) is 6.60. The van der Waals surface area contributed by atoms with Crippen molar-refractivity contribution in [2.45, 2.75) is 6.54 Å². The van der Waals surface area contributed by atoms with E-state index in [9.17, 15) is 14.7 Å². The quantitative estimate of drug-likeness (QED) is 0.684. The van der Waals surface area contributed by atoms with Gasteiger partial charge in [0.05, 0.1) is 17.8 Å². The summed E-state index contributed by atoms with van der Waals surface area (Å²) in [6, 6.07) is 2.57. The fourth-order valence-electron chi connectivity index (χ4n) is 1.52. The number of amides is 2. The number of carboxylic acids is 1. The van der Waals surface area contributed by atoms with Gasteiger partial charge in [0.1, 0.15) is 5.01 Å². The molecular weight excluding hydrogens is 426 g/mol. The molecule has 0 radical (unpaired) electrons. The SMILES string of the molecule is O=C(NCc1nccs1)Nc1c(Br)cc(Br)cc1C(=O)O. The van der Waals surface area contributed by atoms with E-state index in [4.69, 9.17) is 0 Å². The van der Waals surface area contributed by atoms with E-state index in [1.165, 1.54) is 17.4 Å². The van der Waals surface area contributed by atoms with Gasteiger partial charge < -0.3 is 15.7 Å². The summed E-state index contributed by atoms with van der Waals surface area (Å²) in [6.45, 7) is 0.278. The third kappa shape index (κ3) is 4.26. The van der Waals surface area contributed by atoms with Crippen LogP contribution in [0.15, 0.2) is 32.7 Å². The lowest BCUT2D eigenvalue weighted by atomic mass is 10.2. The van der Waals surface area contributed by atoms with E-state index in [0.29, 0.717) is 8.95 Å². The van der Waals surface area contributed by atoms with Crippen LogP contribution in [-0.4, -0.2) is 22.1 Å². The van der Waals surface area contributed by atoms with Crippen LogP contribution in [0.4, 0.5) is 10.5 Å². The summed E-state index contributed by atoms with van der Waals surface area (Å²) in [5.41, 5.74) is 0.183. The number of aromatic carboxylic acids is 1. The van der Waals surface area contributed by atoms with Gasteiger partial charge in [-0.2, -0.15) is 0 Å². The van der Waals surface area contributed by atoms with Gasteiger partial charge >= 0.3 is 12.0 Å². The van der Waals surface area contributed by atoms with Crippen LogP contribution in [0.25, 0.3) is 0 Å². The Hall–Kier alpha value is -1.45. The van der Waals surface area contributed by atoms with Crippen molar-refractivity contribution in [2.24, 2.45) is 0 Å². The lowest BCUT2D eigenvalue weighted by Gasteiger charge is -2.12. The van der Waals surface area contributed by atoms with Crippen LogP contribution in [0.2, 0.25) is 0 Å². The standard InChI is InChI=1S/C12H9Br2N3O3S/c13-6-3-7(11(18)19)10(8(14)4-6)17-12(20)16-5-9-15-1-2-21-9/h1-4H,5H2,(H,18,19)(H2,16,17,20). The first kappa shape index (κ1) is 15.9. The van der Waals surface area contributed by atoms with Crippen molar-refractivity contribution in [2.75, 3.05) is 5.32 Å². The third-order valence-electron chi connectivity index (χ3n) is 2.41. The number of hydrogen-bond acceptors (Lipinski definition) is 4. The Morgan fingerprint density at radius 1 is 1.33 bits per heavy atom. The molecule has 0 spiro atoms. The normalized spacial score (nSPS) is 10.2. The Bertz CT molecular complexity index is 677. The number of halogens is 2. The van der Waals surface area contributed by atoms with Gasteiger partial charge in [-0.05, 0) is 28.1 Å². The van der Waals surface area contributed by atoms with Crippen molar-refractivity contribution in [3.05, 3.63) is 43.2 Å². The zero-order chi connectivity index (χ0) is 15.4. The Morgan fingerprint density at radius 3 is 2.71 bits per heavy atom.